The summed E-state index contributed by atoms with van der Waals surface area (Å²) in [6.07, 6.45) is 0. The fourth-order valence-corrected chi connectivity index (χ4v) is 3.14. The Bertz CT molecular complexity index is 771. The quantitative estimate of drug-likeness (QED) is 0.506. The van der Waals surface area contributed by atoms with Crippen molar-refractivity contribution in [2.45, 2.75) is 19.0 Å². The lowest BCUT2D eigenvalue weighted by molar-refractivity contribution is 0.344. The van der Waals surface area contributed by atoms with Crippen molar-refractivity contribution >= 4 is 11.8 Å². The van der Waals surface area contributed by atoms with Gasteiger partial charge in [-0.3, -0.25) is 4.57 Å². The van der Waals surface area contributed by atoms with Gasteiger partial charge in [0.05, 0.1) is 12.3 Å². The van der Waals surface area contributed by atoms with Crippen LogP contribution in [0.15, 0.2) is 59.8 Å². The van der Waals surface area contributed by atoms with E-state index in [1.54, 1.807) is 11.8 Å². The third kappa shape index (κ3) is 3.74. The number of nitrogens with zero attached hydrogens (tertiary/aromatic N) is 3. The highest BCUT2D eigenvalue weighted by molar-refractivity contribution is 7.99. The molecule has 0 unspecified atom stereocenters. The minimum Gasteiger partial charge on any atom is -0.493 e. The van der Waals surface area contributed by atoms with E-state index in [1.807, 2.05) is 49.4 Å². The smallest absolute Gasteiger partial charge is 0.195 e. The first-order valence-electron chi connectivity index (χ1n) is 7.54. The van der Waals surface area contributed by atoms with Gasteiger partial charge in [-0.1, -0.05) is 48.2 Å². The summed E-state index contributed by atoms with van der Waals surface area (Å²) in [6.45, 7) is 4.71. The third-order valence-corrected chi connectivity index (χ3v) is 4.37. The summed E-state index contributed by atoms with van der Waals surface area (Å²) >= 11 is 1.66. The lowest BCUT2D eigenvalue weighted by Gasteiger charge is -2.11. The van der Waals surface area contributed by atoms with Crippen LogP contribution < -0.4 is 4.74 Å². The van der Waals surface area contributed by atoms with Crippen LogP contribution in [0.3, 0.4) is 0 Å². The molecular weight excluding hydrogens is 306 g/mol. The summed E-state index contributed by atoms with van der Waals surface area (Å²) in [6, 6.07) is 18.1. The maximum atomic E-state index is 5.73. The maximum absolute atomic E-state index is 5.73. The molecule has 4 nitrogen and oxygen atoms in total. The number of aryl methyl sites for hydroxylation is 2. The SMILES string of the molecule is Cc1ccccc1-n1c(C)nnc1SCCOc1ccccc1. The van der Waals surface area contributed by atoms with Crippen molar-refractivity contribution in [3.8, 4) is 11.4 Å². The molecule has 0 aliphatic heterocycles. The van der Waals surface area contributed by atoms with Crippen molar-refractivity contribution in [3.05, 3.63) is 66.0 Å². The summed E-state index contributed by atoms with van der Waals surface area (Å²) in [4.78, 5) is 0. The predicted octanol–water partition coefficient (Wildman–Crippen LogP) is 4.06. The molecule has 0 aliphatic rings. The van der Waals surface area contributed by atoms with Gasteiger partial charge in [0, 0.05) is 5.75 Å². The Morgan fingerprint density at radius 2 is 1.70 bits per heavy atom. The van der Waals surface area contributed by atoms with E-state index in [2.05, 4.69) is 33.8 Å². The Labute approximate surface area is 140 Å². The van der Waals surface area contributed by atoms with Crippen molar-refractivity contribution < 1.29 is 4.74 Å². The number of hydrogen-bond donors (Lipinski definition) is 0. The summed E-state index contributed by atoms with van der Waals surface area (Å²) in [7, 11) is 0. The highest BCUT2D eigenvalue weighted by Gasteiger charge is 2.12. The van der Waals surface area contributed by atoms with E-state index in [0.717, 1.165) is 28.2 Å². The number of para-hydroxylation sites is 2. The molecule has 3 rings (SSSR count). The van der Waals surface area contributed by atoms with E-state index >= 15 is 0 Å². The van der Waals surface area contributed by atoms with E-state index in [9.17, 15) is 0 Å². The van der Waals surface area contributed by atoms with Gasteiger partial charge in [-0.15, -0.1) is 10.2 Å². The van der Waals surface area contributed by atoms with Crippen molar-refractivity contribution in [1.29, 1.82) is 0 Å². The molecule has 0 radical (unpaired) electrons. The van der Waals surface area contributed by atoms with Crippen molar-refractivity contribution in [1.82, 2.24) is 14.8 Å². The number of ether oxygens (including phenoxy) is 1. The minimum absolute atomic E-state index is 0.633. The van der Waals surface area contributed by atoms with Crippen molar-refractivity contribution in [3.63, 3.8) is 0 Å². The molecule has 1 heterocycles. The predicted molar refractivity (Wildman–Crippen MR) is 93.5 cm³/mol. The van der Waals surface area contributed by atoms with Crippen LogP contribution >= 0.6 is 11.8 Å². The number of rotatable bonds is 6. The molecule has 23 heavy (non-hydrogen) atoms. The Hall–Kier alpha value is -2.27. The summed E-state index contributed by atoms with van der Waals surface area (Å²) in [5.74, 6) is 2.61. The monoisotopic (exact) mass is 325 g/mol. The molecule has 0 atom stereocenters. The Morgan fingerprint density at radius 3 is 2.48 bits per heavy atom. The number of aromatic nitrogens is 3. The van der Waals surface area contributed by atoms with Gasteiger partial charge < -0.3 is 4.74 Å². The molecule has 0 N–H and O–H groups in total. The van der Waals surface area contributed by atoms with Gasteiger partial charge in [-0.25, -0.2) is 0 Å². The number of benzene rings is 2. The highest BCUT2D eigenvalue weighted by atomic mass is 32.2. The van der Waals surface area contributed by atoms with E-state index in [1.165, 1.54) is 5.56 Å². The molecule has 0 aliphatic carbocycles. The first-order chi connectivity index (χ1) is 11.3. The summed E-state index contributed by atoms with van der Waals surface area (Å²) < 4.78 is 7.83. The first kappa shape index (κ1) is 15.6. The van der Waals surface area contributed by atoms with Crippen LogP contribution in [-0.2, 0) is 0 Å². The van der Waals surface area contributed by atoms with Crippen molar-refractivity contribution in [2.75, 3.05) is 12.4 Å². The standard InChI is InChI=1S/C18H19N3OS/c1-14-8-6-7-11-17(14)21-15(2)19-20-18(21)23-13-12-22-16-9-4-3-5-10-16/h3-11H,12-13H2,1-2H3. The maximum Gasteiger partial charge on any atom is 0.195 e. The van der Waals surface area contributed by atoms with Crippen LogP contribution in [0.5, 0.6) is 5.75 Å². The van der Waals surface area contributed by atoms with Gasteiger partial charge in [-0.2, -0.15) is 0 Å². The average Bonchev–Trinajstić information content (AvgIpc) is 2.94. The lowest BCUT2D eigenvalue weighted by Crippen LogP contribution is -2.04. The zero-order chi connectivity index (χ0) is 16.1. The molecule has 0 fully saturated rings. The fraction of sp³-hybridized carbons (Fsp3) is 0.222. The Morgan fingerprint density at radius 1 is 0.957 bits per heavy atom. The molecule has 1 aromatic heterocycles. The normalized spacial score (nSPS) is 10.7. The molecule has 0 spiro atoms. The van der Waals surface area contributed by atoms with E-state index < -0.39 is 0 Å². The summed E-state index contributed by atoms with van der Waals surface area (Å²) in [5.41, 5.74) is 2.33. The first-order valence-corrected chi connectivity index (χ1v) is 8.53. The van der Waals surface area contributed by atoms with Crippen LogP contribution in [0, 0.1) is 13.8 Å². The van der Waals surface area contributed by atoms with Crippen LogP contribution in [0.1, 0.15) is 11.4 Å². The van der Waals surface area contributed by atoms with Crippen molar-refractivity contribution in [2.24, 2.45) is 0 Å². The van der Waals surface area contributed by atoms with Gasteiger partial charge in [0.15, 0.2) is 5.16 Å². The van der Waals surface area contributed by atoms with Crippen LogP contribution in [0.4, 0.5) is 0 Å². The molecule has 0 saturated carbocycles. The van der Waals surface area contributed by atoms with Gasteiger partial charge in [0.1, 0.15) is 11.6 Å². The molecular formula is C18H19N3OS. The second kappa shape index (κ2) is 7.33. The number of thioether (sulfide) groups is 1. The fourth-order valence-electron chi connectivity index (χ4n) is 2.34. The van der Waals surface area contributed by atoms with E-state index in [0.29, 0.717) is 6.61 Å². The Balaban J connectivity index is 1.66. The lowest BCUT2D eigenvalue weighted by atomic mass is 10.2. The molecule has 0 amide bonds. The van der Waals surface area contributed by atoms with Gasteiger partial charge in [-0.05, 0) is 37.6 Å². The van der Waals surface area contributed by atoms with Gasteiger partial charge in [0.2, 0.25) is 0 Å². The zero-order valence-electron chi connectivity index (χ0n) is 13.3. The van der Waals surface area contributed by atoms with Gasteiger partial charge >= 0.3 is 0 Å². The average molecular weight is 325 g/mol. The van der Waals surface area contributed by atoms with Gasteiger partial charge in [0.25, 0.3) is 0 Å². The second-order valence-electron chi connectivity index (χ2n) is 5.16. The minimum atomic E-state index is 0.633. The molecule has 3 aromatic rings. The molecule has 5 heteroatoms. The van der Waals surface area contributed by atoms with Crippen LogP contribution in [0.2, 0.25) is 0 Å². The molecule has 0 saturated heterocycles. The Kier molecular flexibility index (Phi) is 4.98. The van der Waals surface area contributed by atoms with E-state index in [-0.39, 0.29) is 0 Å². The molecule has 0 bridgehead atoms. The third-order valence-electron chi connectivity index (χ3n) is 3.48. The second-order valence-corrected chi connectivity index (χ2v) is 6.22. The zero-order valence-corrected chi connectivity index (χ0v) is 14.1. The van der Waals surface area contributed by atoms with Crippen LogP contribution in [-0.4, -0.2) is 27.1 Å². The molecule has 2 aromatic carbocycles. The largest absolute Gasteiger partial charge is 0.493 e. The van der Waals surface area contributed by atoms with E-state index in [4.69, 9.17) is 4.74 Å². The molecule has 118 valence electrons. The van der Waals surface area contributed by atoms with Crippen LogP contribution in [0.25, 0.3) is 5.69 Å². The number of hydrogen-bond acceptors (Lipinski definition) is 4. The highest BCUT2D eigenvalue weighted by Crippen LogP contribution is 2.23. The topological polar surface area (TPSA) is 39.9 Å². The summed E-state index contributed by atoms with van der Waals surface area (Å²) in [5, 5.41) is 9.42.